The lowest BCUT2D eigenvalue weighted by Gasteiger charge is -2.25. The Balaban J connectivity index is 1.70. The molecule has 25 heavy (non-hydrogen) atoms. The number of aliphatic imine (C=N–C) groups is 1. The summed E-state index contributed by atoms with van der Waals surface area (Å²) in [5.41, 5.74) is 3.50. The summed E-state index contributed by atoms with van der Waals surface area (Å²) in [4.78, 5) is 4.87. The van der Waals surface area contributed by atoms with Gasteiger partial charge in [-0.3, -0.25) is 4.99 Å². The summed E-state index contributed by atoms with van der Waals surface area (Å²) in [7, 11) is 0. The van der Waals surface area contributed by atoms with Gasteiger partial charge in [0.2, 0.25) is 0 Å². The van der Waals surface area contributed by atoms with Gasteiger partial charge in [-0.2, -0.15) is 0 Å². The minimum atomic E-state index is -0.878. The quantitative estimate of drug-likeness (QED) is 0.694. The average Bonchev–Trinajstić information content (AvgIpc) is 2.63. The van der Waals surface area contributed by atoms with Crippen molar-refractivity contribution >= 4 is 5.71 Å². The number of aliphatic hydroxyl groups is 1. The van der Waals surface area contributed by atoms with E-state index < -0.39 is 5.60 Å². The zero-order chi connectivity index (χ0) is 17.7. The van der Waals surface area contributed by atoms with E-state index in [1.165, 1.54) is 43.2 Å². The van der Waals surface area contributed by atoms with E-state index in [-0.39, 0.29) is 0 Å². The Morgan fingerprint density at radius 1 is 0.960 bits per heavy atom. The highest BCUT2D eigenvalue weighted by molar-refractivity contribution is 5.83. The molecule has 0 amide bonds. The topological polar surface area (TPSA) is 32.6 Å². The van der Waals surface area contributed by atoms with Gasteiger partial charge in [-0.1, -0.05) is 73.9 Å². The van der Waals surface area contributed by atoms with E-state index >= 15 is 0 Å². The van der Waals surface area contributed by atoms with Crippen molar-refractivity contribution < 1.29 is 5.11 Å². The molecule has 0 spiro atoms. The molecule has 1 aliphatic carbocycles. The van der Waals surface area contributed by atoms with Crippen molar-refractivity contribution in [1.82, 2.24) is 0 Å². The fourth-order valence-corrected chi connectivity index (χ4v) is 3.82. The van der Waals surface area contributed by atoms with Gasteiger partial charge in [0.05, 0.1) is 5.60 Å². The van der Waals surface area contributed by atoms with E-state index in [1.54, 1.807) is 0 Å². The number of hydrogen-bond acceptors (Lipinski definition) is 2. The molecule has 1 unspecified atom stereocenters. The van der Waals surface area contributed by atoms with Gasteiger partial charge < -0.3 is 5.11 Å². The van der Waals surface area contributed by atoms with E-state index in [9.17, 15) is 5.11 Å². The van der Waals surface area contributed by atoms with Crippen molar-refractivity contribution in [3.8, 4) is 11.1 Å². The lowest BCUT2D eigenvalue weighted by Crippen LogP contribution is -2.25. The summed E-state index contributed by atoms with van der Waals surface area (Å²) in [6.07, 6.45) is 6.92. The molecule has 0 saturated heterocycles. The second-order valence-electron chi connectivity index (χ2n) is 7.55. The predicted molar refractivity (Wildman–Crippen MR) is 106 cm³/mol. The Bertz CT molecular complexity index is 695. The largest absolute Gasteiger partial charge is 0.385 e. The minimum Gasteiger partial charge on any atom is -0.385 e. The van der Waals surface area contributed by atoms with E-state index in [2.05, 4.69) is 31.2 Å². The summed E-state index contributed by atoms with van der Waals surface area (Å²) >= 11 is 0. The maximum atomic E-state index is 11.0. The Hall–Kier alpha value is -1.93. The van der Waals surface area contributed by atoms with E-state index in [4.69, 9.17) is 4.99 Å². The number of rotatable bonds is 5. The van der Waals surface area contributed by atoms with Gasteiger partial charge in [0.25, 0.3) is 0 Å². The number of nitrogens with zero attached hydrogens (tertiary/aromatic N) is 1. The normalized spacial score (nSPS) is 18.8. The van der Waals surface area contributed by atoms with Crippen molar-refractivity contribution in [3.63, 3.8) is 0 Å². The number of benzene rings is 2. The molecule has 0 aliphatic heterocycles. The first-order valence-electron chi connectivity index (χ1n) is 9.46. The van der Waals surface area contributed by atoms with Crippen LogP contribution in [0.15, 0.2) is 59.6 Å². The van der Waals surface area contributed by atoms with Crippen LogP contribution in [-0.4, -0.2) is 16.9 Å². The first kappa shape index (κ1) is 17.9. The molecule has 2 aromatic carbocycles. The smallest absolute Gasteiger partial charge is 0.0920 e. The van der Waals surface area contributed by atoms with Gasteiger partial charge in [-0.05, 0) is 43.4 Å². The van der Waals surface area contributed by atoms with Gasteiger partial charge in [-0.15, -0.1) is 0 Å². The van der Waals surface area contributed by atoms with Crippen molar-refractivity contribution in [1.29, 1.82) is 0 Å². The third-order valence-electron chi connectivity index (χ3n) is 5.19. The van der Waals surface area contributed by atoms with Crippen LogP contribution in [0.1, 0.15) is 57.9 Å². The second-order valence-corrected chi connectivity index (χ2v) is 7.55. The monoisotopic (exact) mass is 335 g/mol. The molecule has 0 aromatic heterocycles. The molecule has 1 atom stereocenters. The summed E-state index contributed by atoms with van der Waals surface area (Å²) < 4.78 is 0. The molecular formula is C23H29NO. The zero-order valence-electron chi connectivity index (χ0n) is 15.4. The molecule has 1 fully saturated rings. The van der Waals surface area contributed by atoms with Crippen LogP contribution in [0.4, 0.5) is 0 Å². The molecule has 132 valence electrons. The van der Waals surface area contributed by atoms with Gasteiger partial charge in [0.15, 0.2) is 0 Å². The molecular weight excluding hydrogens is 306 g/mol. The van der Waals surface area contributed by atoms with Gasteiger partial charge >= 0.3 is 0 Å². The highest BCUT2D eigenvalue weighted by Gasteiger charge is 2.24. The Morgan fingerprint density at radius 3 is 2.20 bits per heavy atom. The molecule has 1 saturated carbocycles. The van der Waals surface area contributed by atoms with Gasteiger partial charge in [-0.25, -0.2) is 0 Å². The molecule has 0 heterocycles. The predicted octanol–water partition coefficient (Wildman–Crippen LogP) is 5.74. The van der Waals surface area contributed by atoms with Crippen molar-refractivity contribution in [2.24, 2.45) is 4.99 Å². The fraction of sp³-hybridized carbons (Fsp3) is 0.435. The molecule has 2 heteroatoms. The maximum absolute atomic E-state index is 11.0. The molecule has 1 N–H and O–H groups in total. The molecule has 0 radical (unpaired) electrons. The molecule has 0 bridgehead atoms. The Kier molecular flexibility index (Phi) is 5.70. The van der Waals surface area contributed by atoms with Crippen molar-refractivity contribution in [2.45, 2.75) is 64.0 Å². The summed E-state index contributed by atoms with van der Waals surface area (Å²) in [6, 6.07) is 19.0. The van der Waals surface area contributed by atoms with E-state index in [1.807, 2.05) is 37.3 Å². The lowest BCUT2D eigenvalue weighted by molar-refractivity contribution is 0.0651. The summed E-state index contributed by atoms with van der Waals surface area (Å²) in [5.74, 6) is 0. The third-order valence-corrected chi connectivity index (χ3v) is 5.19. The van der Waals surface area contributed by atoms with Crippen LogP contribution in [0, 0.1) is 0 Å². The SMILES string of the molecule is CC(CC(C)(O)c1ccc(-c2ccccc2)cc1)=NC1CCCCC1. The van der Waals surface area contributed by atoms with Crippen molar-refractivity contribution in [2.75, 3.05) is 0 Å². The van der Waals surface area contributed by atoms with Crippen LogP contribution in [0.2, 0.25) is 0 Å². The Morgan fingerprint density at radius 2 is 1.56 bits per heavy atom. The van der Waals surface area contributed by atoms with Crippen LogP contribution >= 0.6 is 0 Å². The maximum Gasteiger partial charge on any atom is 0.0920 e. The zero-order valence-corrected chi connectivity index (χ0v) is 15.4. The van der Waals surface area contributed by atoms with E-state index in [0.717, 1.165) is 11.3 Å². The lowest BCUT2D eigenvalue weighted by atomic mass is 9.89. The van der Waals surface area contributed by atoms with Crippen LogP contribution in [0.25, 0.3) is 11.1 Å². The molecule has 3 rings (SSSR count). The summed E-state index contributed by atoms with van der Waals surface area (Å²) in [6.45, 7) is 3.95. The van der Waals surface area contributed by atoms with Crippen molar-refractivity contribution in [3.05, 3.63) is 60.2 Å². The standard InChI is InChI=1S/C23H29NO/c1-18(24-22-11-7-4-8-12-22)17-23(2,25)21-15-13-20(14-16-21)19-9-5-3-6-10-19/h3,5-6,9-10,13-16,22,25H,4,7-8,11-12,17H2,1-2H3. The Labute approximate surface area is 151 Å². The van der Waals surface area contributed by atoms with Gasteiger partial charge in [0.1, 0.15) is 0 Å². The van der Waals surface area contributed by atoms with E-state index in [0.29, 0.717) is 12.5 Å². The number of hydrogen-bond donors (Lipinski definition) is 1. The molecule has 2 aromatic rings. The summed E-state index contributed by atoms with van der Waals surface area (Å²) in [5, 5.41) is 11.0. The minimum absolute atomic E-state index is 0.463. The molecule has 2 nitrogen and oxygen atoms in total. The van der Waals surface area contributed by atoms with Gasteiger partial charge in [0, 0.05) is 18.2 Å². The second kappa shape index (κ2) is 7.97. The first-order chi connectivity index (χ1) is 12.0. The highest BCUT2D eigenvalue weighted by atomic mass is 16.3. The van der Waals surface area contributed by atoms with Crippen LogP contribution in [0.3, 0.4) is 0 Å². The molecule has 1 aliphatic rings. The highest BCUT2D eigenvalue weighted by Crippen LogP contribution is 2.29. The average molecular weight is 335 g/mol. The third kappa shape index (κ3) is 4.79. The fourth-order valence-electron chi connectivity index (χ4n) is 3.82. The van der Waals surface area contributed by atoms with Crippen LogP contribution in [0.5, 0.6) is 0 Å². The van der Waals surface area contributed by atoms with Crippen LogP contribution in [-0.2, 0) is 5.60 Å². The first-order valence-corrected chi connectivity index (χ1v) is 9.46. The van der Waals surface area contributed by atoms with Crippen LogP contribution < -0.4 is 0 Å².